The van der Waals surface area contributed by atoms with Crippen molar-refractivity contribution >= 4 is 11.9 Å². The van der Waals surface area contributed by atoms with Crippen LogP contribution in [0.25, 0.3) is 0 Å². The van der Waals surface area contributed by atoms with Crippen molar-refractivity contribution < 1.29 is 4.79 Å². The van der Waals surface area contributed by atoms with Crippen LogP contribution in [0.2, 0.25) is 0 Å². The van der Waals surface area contributed by atoms with E-state index in [0.29, 0.717) is 13.0 Å². The van der Waals surface area contributed by atoms with Gasteiger partial charge in [-0.15, -0.1) is 0 Å². The Morgan fingerprint density at radius 3 is 2.52 bits per heavy atom. The number of hydrogen-bond acceptors (Lipinski definition) is 2. The largest absolute Gasteiger partial charge is 0.357 e. The summed E-state index contributed by atoms with van der Waals surface area (Å²) in [6.45, 7) is 10.9. The minimum atomic E-state index is 0.169. The Bertz CT molecular complexity index is 601. The monoisotopic (exact) mass is 344 g/mol. The third kappa shape index (κ3) is 5.76. The number of amides is 1. The molecular formula is C20H32N4O. The maximum Gasteiger partial charge on any atom is 0.222 e. The van der Waals surface area contributed by atoms with Crippen LogP contribution in [0, 0.1) is 0 Å². The Labute approximate surface area is 151 Å². The van der Waals surface area contributed by atoms with Gasteiger partial charge in [-0.1, -0.05) is 45.0 Å². The van der Waals surface area contributed by atoms with Crippen LogP contribution in [-0.4, -0.2) is 42.9 Å². The zero-order chi connectivity index (χ0) is 18.4. The maximum absolute atomic E-state index is 11.6. The van der Waals surface area contributed by atoms with E-state index in [4.69, 9.17) is 4.99 Å². The van der Waals surface area contributed by atoms with Gasteiger partial charge in [0.25, 0.3) is 0 Å². The number of aliphatic imine (C=N–C) groups is 1. The summed E-state index contributed by atoms with van der Waals surface area (Å²) < 4.78 is 0. The Morgan fingerprint density at radius 1 is 1.28 bits per heavy atom. The summed E-state index contributed by atoms with van der Waals surface area (Å²) in [5.74, 6) is 1.04. The molecule has 1 heterocycles. The van der Waals surface area contributed by atoms with Crippen molar-refractivity contribution in [2.75, 3.05) is 20.1 Å². The molecule has 25 heavy (non-hydrogen) atoms. The lowest BCUT2D eigenvalue weighted by Crippen LogP contribution is -2.51. The zero-order valence-corrected chi connectivity index (χ0v) is 16.2. The van der Waals surface area contributed by atoms with Crippen molar-refractivity contribution in [3.05, 3.63) is 35.4 Å². The molecule has 1 fully saturated rings. The molecular weight excluding hydrogens is 312 g/mol. The van der Waals surface area contributed by atoms with E-state index in [1.54, 1.807) is 4.90 Å². The molecule has 0 saturated carbocycles. The first kappa shape index (κ1) is 19.3. The molecule has 5 heteroatoms. The van der Waals surface area contributed by atoms with Crippen LogP contribution >= 0.6 is 0 Å². The van der Waals surface area contributed by atoms with E-state index >= 15 is 0 Å². The molecule has 1 aromatic carbocycles. The lowest BCUT2D eigenvalue weighted by molar-refractivity contribution is -0.132. The van der Waals surface area contributed by atoms with Crippen molar-refractivity contribution in [3.63, 3.8) is 0 Å². The average molecular weight is 345 g/mol. The van der Waals surface area contributed by atoms with E-state index in [2.05, 4.69) is 62.6 Å². The average Bonchev–Trinajstić information content (AvgIpc) is 2.56. The summed E-state index contributed by atoms with van der Waals surface area (Å²) >= 11 is 0. The lowest BCUT2D eigenvalue weighted by atomic mass is 9.87. The van der Waals surface area contributed by atoms with Gasteiger partial charge < -0.3 is 15.5 Å². The van der Waals surface area contributed by atoms with Gasteiger partial charge in [-0.25, -0.2) is 4.99 Å². The van der Waals surface area contributed by atoms with Gasteiger partial charge >= 0.3 is 0 Å². The second-order valence-corrected chi connectivity index (χ2v) is 7.80. The third-order valence-electron chi connectivity index (χ3n) is 4.55. The first-order valence-corrected chi connectivity index (χ1v) is 9.18. The molecule has 0 radical (unpaired) electrons. The van der Waals surface area contributed by atoms with Crippen LogP contribution in [0.3, 0.4) is 0 Å². The normalized spacial score (nSPS) is 19.1. The number of benzene rings is 1. The fourth-order valence-electron chi connectivity index (χ4n) is 2.92. The third-order valence-corrected chi connectivity index (χ3v) is 4.55. The minimum absolute atomic E-state index is 0.169. The number of hydrogen-bond donors (Lipinski definition) is 2. The smallest absolute Gasteiger partial charge is 0.222 e. The fourth-order valence-corrected chi connectivity index (χ4v) is 2.92. The SMILES string of the molecule is CCNC(=NCc1ccc(C(C)(C)C)cc1)NC1CCC(=O)N(C)C1. The number of carbonyl (C=O) groups excluding carboxylic acids is 1. The van der Waals surface area contributed by atoms with E-state index in [1.807, 2.05) is 7.05 Å². The first-order valence-electron chi connectivity index (χ1n) is 9.18. The molecule has 2 rings (SSSR count). The van der Waals surface area contributed by atoms with E-state index in [1.165, 1.54) is 11.1 Å². The standard InChI is InChI=1S/C20H32N4O/c1-6-21-19(23-17-11-12-18(25)24(5)14-17)22-13-15-7-9-16(10-8-15)20(2,3)4/h7-10,17H,6,11-14H2,1-5H3,(H2,21,22,23). The highest BCUT2D eigenvalue weighted by Crippen LogP contribution is 2.22. The molecule has 1 aromatic rings. The maximum atomic E-state index is 11.6. The molecule has 0 aliphatic carbocycles. The number of likely N-dealkylation sites (tertiary alicyclic amines) is 1. The molecule has 1 amide bonds. The van der Waals surface area contributed by atoms with E-state index in [9.17, 15) is 4.79 Å². The number of nitrogens with one attached hydrogen (secondary N) is 2. The summed E-state index contributed by atoms with van der Waals surface area (Å²) in [5.41, 5.74) is 2.70. The quantitative estimate of drug-likeness (QED) is 0.652. The number of piperidine rings is 1. The molecule has 1 atom stereocenters. The molecule has 1 aliphatic heterocycles. The van der Waals surface area contributed by atoms with Crippen LogP contribution in [0.4, 0.5) is 0 Å². The number of rotatable bonds is 4. The molecule has 1 saturated heterocycles. The molecule has 0 spiro atoms. The highest BCUT2D eigenvalue weighted by Gasteiger charge is 2.23. The van der Waals surface area contributed by atoms with Crippen LogP contribution in [0.1, 0.15) is 51.7 Å². The van der Waals surface area contributed by atoms with Gasteiger partial charge in [-0.2, -0.15) is 0 Å². The summed E-state index contributed by atoms with van der Waals surface area (Å²) in [6.07, 6.45) is 1.45. The number of likely N-dealkylation sites (N-methyl/N-ethyl adjacent to an activating group) is 1. The molecule has 2 N–H and O–H groups in total. The van der Waals surface area contributed by atoms with Crippen LogP contribution in [-0.2, 0) is 16.8 Å². The molecule has 0 aromatic heterocycles. The molecule has 1 unspecified atom stereocenters. The highest BCUT2D eigenvalue weighted by molar-refractivity contribution is 5.81. The second-order valence-electron chi connectivity index (χ2n) is 7.80. The number of carbonyl (C=O) groups is 1. The van der Waals surface area contributed by atoms with Crippen molar-refractivity contribution in [3.8, 4) is 0 Å². The zero-order valence-electron chi connectivity index (χ0n) is 16.2. The fraction of sp³-hybridized carbons (Fsp3) is 0.600. The van der Waals surface area contributed by atoms with Crippen molar-refractivity contribution in [1.29, 1.82) is 0 Å². The van der Waals surface area contributed by atoms with Crippen LogP contribution in [0.5, 0.6) is 0 Å². The van der Waals surface area contributed by atoms with E-state index in [-0.39, 0.29) is 17.4 Å². The van der Waals surface area contributed by atoms with E-state index in [0.717, 1.165) is 25.5 Å². The molecule has 5 nitrogen and oxygen atoms in total. The van der Waals surface area contributed by atoms with Gasteiger partial charge in [-0.05, 0) is 29.9 Å². The number of guanidine groups is 1. The molecule has 1 aliphatic rings. The lowest BCUT2D eigenvalue weighted by Gasteiger charge is -2.31. The van der Waals surface area contributed by atoms with Gasteiger partial charge in [0.2, 0.25) is 5.91 Å². The second kappa shape index (κ2) is 8.37. The Balaban J connectivity index is 1.98. The van der Waals surface area contributed by atoms with E-state index < -0.39 is 0 Å². The summed E-state index contributed by atoms with van der Waals surface area (Å²) in [4.78, 5) is 18.1. The molecule has 138 valence electrons. The van der Waals surface area contributed by atoms with Crippen molar-refractivity contribution in [1.82, 2.24) is 15.5 Å². The Hall–Kier alpha value is -2.04. The van der Waals surface area contributed by atoms with Gasteiger partial charge in [0, 0.05) is 32.6 Å². The predicted octanol–water partition coefficient (Wildman–Crippen LogP) is 2.66. The van der Waals surface area contributed by atoms with Crippen LogP contribution in [0.15, 0.2) is 29.3 Å². The number of nitrogens with zero attached hydrogens (tertiary/aromatic N) is 2. The summed E-state index contributed by atoms with van der Waals surface area (Å²) in [6, 6.07) is 8.94. The first-order chi connectivity index (χ1) is 11.8. The molecule has 0 bridgehead atoms. The summed E-state index contributed by atoms with van der Waals surface area (Å²) in [7, 11) is 1.86. The van der Waals surface area contributed by atoms with Gasteiger partial charge in [0.15, 0.2) is 5.96 Å². The highest BCUT2D eigenvalue weighted by atomic mass is 16.2. The topological polar surface area (TPSA) is 56.7 Å². The van der Waals surface area contributed by atoms with Gasteiger partial charge in [0.1, 0.15) is 0 Å². The van der Waals surface area contributed by atoms with Crippen molar-refractivity contribution in [2.24, 2.45) is 4.99 Å². The summed E-state index contributed by atoms with van der Waals surface area (Å²) in [5, 5.41) is 6.76. The predicted molar refractivity (Wildman–Crippen MR) is 104 cm³/mol. The van der Waals surface area contributed by atoms with Crippen LogP contribution < -0.4 is 10.6 Å². The van der Waals surface area contributed by atoms with Crippen molar-refractivity contribution in [2.45, 2.75) is 58.5 Å². The van der Waals surface area contributed by atoms with Gasteiger partial charge in [0.05, 0.1) is 6.54 Å². The van der Waals surface area contributed by atoms with Gasteiger partial charge in [-0.3, -0.25) is 4.79 Å². The Morgan fingerprint density at radius 2 is 1.96 bits per heavy atom. The minimum Gasteiger partial charge on any atom is -0.357 e. The Kier molecular flexibility index (Phi) is 6.45.